The first-order valence-electron chi connectivity index (χ1n) is 8.65. The molecule has 7 nitrogen and oxygen atoms in total. The average Bonchev–Trinajstić information content (AvgIpc) is 2.67. The van der Waals surface area contributed by atoms with Gasteiger partial charge < -0.3 is 15.1 Å². The molecule has 0 spiro atoms. The van der Waals surface area contributed by atoms with E-state index in [2.05, 4.69) is 39.0 Å². The lowest BCUT2D eigenvalue weighted by atomic mass is 10.2. The van der Waals surface area contributed by atoms with Gasteiger partial charge >= 0.3 is 0 Å². The van der Waals surface area contributed by atoms with Crippen LogP contribution in [0.4, 0.5) is 11.8 Å². The minimum Gasteiger partial charge on any atom is -0.354 e. The molecule has 3 rings (SSSR count). The Bertz CT molecular complexity index is 698. The van der Waals surface area contributed by atoms with E-state index in [0.29, 0.717) is 30.6 Å². The fraction of sp³-hybridized carbons (Fsp3) is 0.444. The Kier molecular flexibility index (Phi) is 5.42. The third-order valence-corrected chi connectivity index (χ3v) is 4.08. The number of carbonyl (C=O) groups is 1. The molecule has 0 aliphatic carbocycles. The van der Waals surface area contributed by atoms with Gasteiger partial charge in [0, 0.05) is 45.1 Å². The van der Waals surface area contributed by atoms with Crippen LogP contribution in [0, 0.1) is 5.92 Å². The summed E-state index contributed by atoms with van der Waals surface area (Å²) in [7, 11) is 0. The SMILES string of the molecule is CC(C)CNc1nccc(C(=O)N2CCN(c3ccccn3)CC2)n1. The quantitative estimate of drug-likeness (QED) is 0.896. The fourth-order valence-electron chi connectivity index (χ4n) is 2.70. The van der Waals surface area contributed by atoms with Crippen molar-refractivity contribution in [3.05, 3.63) is 42.4 Å². The second kappa shape index (κ2) is 7.92. The number of hydrogen-bond donors (Lipinski definition) is 1. The first-order valence-corrected chi connectivity index (χ1v) is 8.65. The van der Waals surface area contributed by atoms with E-state index < -0.39 is 0 Å². The molecule has 1 aliphatic heterocycles. The predicted molar refractivity (Wildman–Crippen MR) is 97.7 cm³/mol. The van der Waals surface area contributed by atoms with Gasteiger partial charge in [0.1, 0.15) is 11.5 Å². The molecule has 1 saturated heterocycles. The van der Waals surface area contributed by atoms with Gasteiger partial charge in [0.2, 0.25) is 5.95 Å². The van der Waals surface area contributed by atoms with Crippen LogP contribution in [0.3, 0.4) is 0 Å². The molecule has 1 aliphatic rings. The number of piperazine rings is 1. The Balaban J connectivity index is 1.60. The summed E-state index contributed by atoms with van der Waals surface area (Å²) in [6.45, 7) is 7.87. The van der Waals surface area contributed by atoms with Crippen LogP contribution >= 0.6 is 0 Å². The molecular formula is C18H24N6O. The summed E-state index contributed by atoms with van der Waals surface area (Å²) < 4.78 is 0. The third-order valence-electron chi connectivity index (χ3n) is 4.08. The highest BCUT2D eigenvalue weighted by Gasteiger charge is 2.23. The van der Waals surface area contributed by atoms with Gasteiger partial charge in [-0.15, -0.1) is 0 Å². The second-order valence-corrected chi connectivity index (χ2v) is 6.51. The molecule has 0 unspecified atom stereocenters. The fourth-order valence-corrected chi connectivity index (χ4v) is 2.70. The molecule has 1 fully saturated rings. The van der Waals surface area contributed by atoms with E-state index in [1.165, 1.54) is 0 Å². The third kappa shape index (κ3) is 4.43. The highest BCUT2D eigenvalue weighted by molar-refractivity contribution is 5.92. The Morgan fingerprint density at radius 1 is 1.12 bits per heavy atom. The maximum atomic E-state index is 12.7. The lowest BCUT2D eigenvalue weighted by molar-refractivity contribution is 0.0740. The first kappa shape index (κ1) is 17.1. The number of carbonyl (C=O) groups excluding carboxylic acids is 1. The van der Waals surface area contributed by atoms with Gasteiger partial charge in [-0.05, 0) is 24.1 Å². The molecule has 0 radical (unpaired) electrons. The van der Waals surface area contributed by atoms with Gasteiger partial charge in [-0.1, -0.05) is 19.9 Å². The van der Waals surface area contributed by atoms with Gasteiger partial charge in [-0.2, -0.15) is 0 Å². The topological polar surface area (TPSA) is 74.2 Å². The minimum atomic E-state index is -0.0457. The molecule has 1 amide bonds. The molecule has 0 aromatic carbocycles. The van der Waals surface area contributed by atoms with Crippen molar-refractivity contribution in [3.8, 4) is 0 Å². The standard InChI is InChI=1S/C18H24N6O/c1-14(2)13-21-18-20-8-6-15(22-18)17(25)24-11-9-23(10-12-24)16-5-3-4-7-19-16/h3-8,14H,9-13H2,1-2H3,(H,20,21,22). The van der Waals surface area contributed by atoms with Crippen LogP contribution in [-0.4, -0.2) is 58.5 Å². The number of amides is 1. The lowest BCUT2D eigenvalue weighted by Crippen LogP contribution is -2.49. The summed E-state index contributed by atoms with van der Waals surface area (Å²) in [4.78, 5) is 29.7. The Morgan fingerprint density at radius 3 is 2.60 bits per heavy atom. The van der Waals surface area contributed by atoms with Crippen molar-refractivity contribution >= 4 is 17.7 Å². The zero-order valence-corrected chi connectivity index (χ0v) is 14.7. The van der Waals surface area contributed by atoms with Crippen LogP contribution in [0.1, 0.15) is 24.3 Å². The summed E-state index contributed by atoms with van der Waals surface area (Å²) in [5.41, 5.74) is 0.438. The van der Waals surface area contributed by atoms with Crippen LogP contribution in [0.15, 0.2) is 36.7 Å². The molecule has 0 atom stereocenters. The van der Waals surface area contributed by atoms with Crippen LogP contribution < -0.4 is 10.2 Å². The lowest BCUT2D eigenvalue weighted by Gasteiger charge is -2.35. The highest BCUT2D eigenvalue weighted by atomic mass is 16.2. The van der Waals surface area contributed by atoms with E-state index >= 15 is 0 Å². The average molecular weight is 340 g/mol. The summed E-state index contributed by atoms with van der Waals surface area (Å²) >= 11 is 0. The highest BCUT2D eigenvalue weighted by Crippen LogP contribution is 2.14. The Morgan fingerprint density at radius 2 is 1.92 bits per heavy atom. The van der Waals surface area contributed by atoms with Crippen molar-refractivity contribution < 1.29 is 4.79 Å². The van der Waals surface area contributed by atoms with Crippen molar-refractivity contribution in [3.63, 3.8) is 0 Å². The normalized spacial score (nSPS) is 14.7. The zero-order chi connectivity index (χ0) is 17.6. The van der Waals surface area contributed by atoms with Gasteiger partial charge in [0.15, 0.2) is 0 Å². The first-order chi connectivity index (χ1) is 12.1. The molecule has 2 aromatic rings. The van der Waals surface area contributed by atoms with Crippen molar-refractivity contribution in [1.29, 1.82) is 0 Å². The van der Waals surface area contributed by atoms with Crippen molar-refractivity contribution in [2.24, 2.45) is 5.92 Å². The van der Waals surface area contributed by atoms with E-state index in [9.17, 15) is 4.79 Å². The van der Waals surface area contributed by atoms with Crippen molar-refractivity contribution in [2.45, 2.75) is 13.8 Å². The molecule has 1 N–H and O–H groups in total. The Hall–Kier alpha value is -2.70. The van der Waals surface area contributed by atoms with E-state index in [1.807, 2.05) is 23.1 Å². The van der Waals surface area contributed by atoms with Gasteiger partial charge in [0.05, 0.1) is 0 Å². The molecular weight excluding hydrogens is 316 g/mol. The maximum absolute atomic E-state index is 12.7. The monoisotopic (exact) mass is 340 g/mol. The van der Waals surface area contributed by atoms with Gasteiger partial charge in [0.25, 0.3) is 5.91 Å². The van der Waals surface area contributed by atoms with Crippen LogP contribution in [0.2, 0.25) is 0 Å². The van der Waals surface area contributed by atoms with E-state index in [-0.39, 0.29) is 5.91 Å². The van der Waals surface area contributed by atoms with E-state index in [1.54, 1.807) is 18.5 Å². The summed E-state index contributed by atoms with van der Waals surface area (Å²) in [5.74, 6) is 1.90. The molecule has 25 heavy (non-hydrogen) atoms. The van der Waals surface area contributed by atoms with Crippen LogP contribution in [0.5, 0.6) is 0 Å². The molecule has 132 valence electrons. The van der Waals surface area contributed by atoms with E-state index in [4.69, 9.17) is 0 Å². The minimum absolute atomic E-state index is 0.0457. The Labute approximate surface area is 148 Å². The number of nitrogens with zero attached hydrogens (tertiary/aromatic N) is 5. The summed E-state index contributed by atoms with van der Waals surface area (Å²) in [5, 5.41) is 3.16. The molecule has 7 heteroatoms. The number of rotatable bonds is 5. The second-order valence-electron chi connectivity index (χ2n) is 6.51. The number of pyridine rings is 1. The van der Waals surface area contributed by atoms with Crippen LogP contribution in [0.25, 0.3) is 0 Å². The summed E-state index contributed by atoms with van der Waals surface area (Å²) in [6, 6.07) is 7.55. The number of anilines is 2. The van der Waals surface area contributed by atoms with E-state index in [0.717, 1.165) is 25.5 Å². The number of hydrogen-bond acceptors (Lipinski definition) is 6. The predicted octanol–water partition coefficient (Wildman–Crippen LogP) is 1.90. The van der Waals surface area contributed by atoms with Crippen molar-refractivity contribution in [1.82, 2.24) is 19.9 Å². The molecule has 0 saturated carbocycles. The zero-order valence-electron chi connectivity index (χ0n) is 14.7. The molecule has 0 bridgehead atoms. The summed E-state index contributed by atoms with van der Waals surface area (Å²) in [6.07, 6.45) is 3.42. The number of aromatic nitrogens is 3. The smallest absolute Gasteiger partial charge is 0.272 e. The largest absolute Gasteiger partial charge is 0.354 e. The maximum Gasteiger partial charge on any atom is 0.272 e. The molecule has 2 aromatic heterocycles. The van der Waals surface area contributed by atoms with Crippen LogP contribution in [-0.2, 0) is 0 Å². The van der Waals surface area contributed by atoms with Gasteiger partial charge in [-0.25, -0.2) is 15.0 Å². The number of nitrogens with one attached hydrogen (secondary N) is 1. The molecule has 3 heterocycles. The van der Waals surface area contributed by atoms with Crippen molar-refractivity contribution in [2.75, 3.05) is 42.9 Å². The van der Waals surface area contributed by atoms with Gasteiger partial charge in [-0.3, -0.25) is 4.79 Å².